The van der Waals surface area contributed by atoms with E-state index in [4.69, 9.17) is 11.6 Å². The van der Waals surface area contributed by atoms with Gasteiger partial charge in [-0.1, -0.05) is 41.9 Å². The molecule has 3 rings (SSSR count). The van der Waals surface area contributed by atoms with Crippen LogP contribution in [0, 0.1) is 5.82 Å². The number of nitrogens with one attached hydrogen (secondary N) is 1. The maximum absolute atomic E-state index is 13.6. The van der Waals surface area contributed by atoms with Gasteiger partial charge in [0.05, 0.1) is 23.3 Å². The minimum atomic E-state index is -0.622. The van der Waals surface area contributed by atoms with E-state index in [-0.39, 0.29) is 15.1 Å². The van der Waals surface area contributed by atoms with Gasteiger partial charge in [-0.05, 0) is 40.6 Å². The van der Waals surface area contributed by atoms with Crippen LogP contribution >= 0.6 is 23.4 Å². The summed E-state index contributed by atoms with van der Waals surface area (Å²) >= 11 is 6.68. The molecule has 1 heterocycles. The summed E-state index contributed by atoms with van der Waals surface area (Å²) in [6, 6.07) is 11.9. The molecule has 9 heteroatoms. The number of esters is 1. The fourth-order valence-corrected chi connectivity index (χ4v) is 3.08. The van der Waals surface area contributed by atoms with E-state index in [0.717, 1.165) is 29.0 Å². The molecule has 0 unspecified atom stereocenters. The molecule has 28 heavy (non-hydrogen) atoms. The summed E-state index contributed by atoms with van der Waals surface area (Å²) in [6.45, 7) is 0. The molecule has 1 fully saturated rings. The lowest BCUT2D eigenvalue weighted by molar-refractivity contribution is -0.135. The van der Waals surface area contributed by atoms with Crippen LogP contribution in [0.2, 0.25) is 5.02 Å². The molecular weight excluding hydrogens is 405 g/mol. The normalized spacial score (nSPS) is 16.8. The Morgan fingerprint density at radius 3 is 2.61 bits per heavy atom. The number of nitrogens with zero attached hydrogens (tertiary/aromatic N) is 2. The highest BCUT2D eigenvalue weighted by Gasteiger charge is 2.24. The van der Waals surface area contributed by atoms with Crippen LogP contribution in [0.5, 0.6) is 0 Å². The van der Waals surface area contributed by atoms with Gasteiger partial charge in [0.1, 0.15) is 5.82 Å². The quantitative estimate of drug-likeness (QED) is 0.355. The van der Waals surface area contributed by atoms with Gasteiger partial charge in [-0.25, -0.2) is 9.18 Å². The van der Waals surface area contributed by atoms with Gasteiger partial charge in [0.25, 0.3) is 5.91 Å². The molecule has 1 aliphatic rings. The van der Waals surface area contributed by atoms with Crippen LogP contribution in [0.1, 0.15) is 5.56 Å². The first kappa shape index (κ1) is 19.8. The second-order valence-corrected chi connectivity index (χ2v) is 6.93. The van der Waals surface area contributed by atoms with Crippen LogP contribution in [0.25, 0.3) is 11.1 Å². The Kier molecular flexibility index (Phi) is 6.23. The van der Waals surface area contributed by atoms with Crippen molar-refractivity contribution in [1.29, 1.82) is 0 Å². The predicted molar refractivity (Wildman–Crippen MR) is 108 cm³/mol. The number of thioether (sulfide) groups is 1. The van der Waals surface area contributed by atoms with Crippen molar-refractivity contribution in [3.63, 3.8) is 0 Å². The largest absolute Gasteiger partial charge is 0.466 e. The van der Waals surface area contributed by atoms with E-state index in [1.165, 1.54) is 25.5 Å². The summed E-state index contributed by atoms with van der Waals surface area (Å²) in [6.07, 6.45) is 2.60. The third-order valence-electron chi connectivity index (χ3n) is 3.62. The molecule has 2 aromatic carbocycles. The van der Waals surface area contributed by atoms with Crippen LogP contribution in [0.15, 0.2) is 63.6 Å². The molecule has 0 aromatic heterocycles. The number of methoxy groups -OCH3 is 1. The summed E-state index contributed by atoms with van der Waals surface area (Å²) < 4.78 is 18.1. The fraction of sp³-hybridized carbons (Fsp3) is 0.0526. The maximum atomic E-state index is 13.6. The van der Waals surface area contributed by atoms with Crippen molar-refractivity contribution in [1.82, 2.24) is 5.32 Å². The number of carbonyl (C=O) groups excluding carboxylic acids is 2. The lowest BCUT2D eigenvalue weighted by Gasteiger charge is -2.03. The van der Waals surface area contributed by atoms with Crippen LogP contribution < -0.4 is 5.32 Å². The van der Waals surface area contributed by atoms with E-state index < -0.39 is 17.7 Å². The molecule has 0 atom stereocenters. The first-order chi connectivity index (χ1) is 13.5. The van der Waals surface area contributed by atoms with Gasteiger partial charge in [0.2, 0.25) is 0 Å². The van der Waals surface area contributed by atoms with Gasteiger partial charge in [-0.3, -0.25) is 10.1 Å². The van der Waals surface area contributed by atoms with Crippen molar-refractivity contribution in [2.24, 2.45) is 10.2 Å². The Hall–Kier alpha value is -2.97. The fourth-order valence-electron chi connectivity index (χ4n) is 2.23. The standard InChI is InChI=1S/C19H13ClFN3O3S/c1-27-17(25)9-16-18(26)23-19(28-16)24-22-10-11-2-4-12(5-3-11)13-6-7-14(20)15(21)8-13/h2-10H,1H3,(H,23,24,26)/b16-9+,22-10?. The molecule has 1 amide bonds. The molecule has 1 aliphatic heterocycles. The zero-order valence-corrected chi connectivity index (χ0v) is 16.1. The summed E-state index contributed by atoms with van der Waals surface area (Å²) in [4.78, 5) is 23.1. The number of amidine groups is 1. The van der Waals surface area contributed by atoms with Crippen molar-refractivity contribution < 1.29 is 18.7 Å². The van der Waals surface area contributed by atoms with Gasteiger partial charge in [-0.15, -0.1) is 5.10 Å². The zero-order valence-electron chi connectivity index (χ0n) is 14.5. The third-order valence-corrected chi connectivity index (χ3v) is 4.83. The number of benzene rings is 2. The molecule has 6 nitrogen and oxygen atoms in total. The Morgan fingerprint density at radius 2 is 1.93 bits per heavy atom. The molecule has 0 aliphatic carbocycles. The average Bonchev–Trinajstić information content (AvgIpc) is 3.03. The predicted octanol–water partition coefficient (Wildman–Crippen LogP) is 3.76. The van der Waals surface area contributed by atoms with Crippen LogP contribution in [0.3, 0.4) is 0 Å². The SMILES string of the molecule is COC(=O)/C=C1/S/C(=N\N=Cc2ccc(-c3ccc(Cl)c(F)c3)cc2)NC1=O. The Labute approximate surface area is 169 Å². The van der Waals surface area contributed by atoms with E-state index in [1.54, 1.807) is 18.2 Å². The second kappa shape index (κ2) is 8.81. The average molecular weight is 418 g/mol. The minimum Gasteiger partial charge on any atom is -0.466 e. The van der Waals surface area contributed by atoms with E-state index in [1.807, 2.05) is 12.1 Å². The van der Waals surface area contributed by atoms with Crippen LogP contribution in [-0.4, -0.2) is 30.4 Å². The lowest BCUT2D eigenvalue weighted by atomic mass is 10.0. The van der Waals surface area contributed by atoms with Crippen LogP contribution in [-0.2, 0) is 14.3 Å². The monoisotopic (exact) mass is 417 g/mol. The van der Waals surface area contributed by atoms with E-state index in [2.05, 4.69) is 20.3 Å². The van der Waals surface area contributed by atoms with Gasteiger partial charge in [-0.2, -0.15) is 5.10 Å². The number of ether oxygens (including phenoxy) is 1. The lowest BCUT2D eigenvalue weighted by Crippen LogP contribution is -2.19. The van der Waals surface area contributed by atoms with Crippen LogP contribution in [0.4, 0.5) is 4.39 Å². The minimum absolute atomic E-state index is 0.0769. The topological polar surface area (TPSA) is 80.1 Å². The zero-order chi connectivity index (χ0) is 20.1. The van der Waals surface area contributed by atoms with E-state index in [9.17, 15) is 14.0 Å². The summed E-state index contributed by atoms with van der Waals surface area (Å²) in [5.41, 5.74) is 2.30. The number of carbonyl (C=O) groups is 2. The number of amides is 1. The van der Waals surface area contributed by atoms with Gasteiger partial charge in [0, 0.05) is 6.08 Å². The number of hydrogen-bond acceptors (Lipinski definition) is 6. The molecule has 1 N–H and O–H groups in total. The molecule has 0 bridgehead atoms. The molecule has 0 spiro atoms. The molecule has 2 aromatic rings. The Bertz CT molecular complexity index is 1020. The highest BCUT2D eigenvalue weighted by Crippen LogP contribution is 2.25. The molecule has 0 saturated carbocycles. The highest BCUT2D eigenvalue weighted by molar-refractivity contribution is 8.18. The molecule has 0 radical (unpaired) electrons. The van der Waals surface area contributed by atoms with Crippen molar-refractivity contribution in [2.75, 3.05) is 7.11 Å². The third kappa shape index (κ3) is 4.85. The van der Waals surface area contributed by atoms with E-state index in [0.29, 0.717) is 5.56 Å². The summed E-state index contributed by atoms with van der Waals surface area (Å²) in [5, 5.41) is 10.7. The smallest absolute Gasteiger partial charge is 0.331 e. The number of halogens is 2. The molecule has 1 saturated heterocycles. The molecular formula is C19H13ClFN3O3S. The Morgan fingerprint density at radius 1 is 1.21 bits per heavy atom. The number of rotatable bonds is 4. The second-order valence-electron chi connectivity index (χ2n) is 5.49. The summed E-state index contributed by atoms with van der Waals surface area (Å²) in [5.74, 6) is -1.54. The van der Waals surface area contributed by atoms with Crippen molar-refractivity contribution in [3.8, 4) is 11.1 Å². The summed E-state index contributed by atoms with van der Waals surface area (Å²) in [7, 11) is 1.23. The highest BCUT2D eigenvalue weighted by atomic mass is 35.5. The van der Waals surface area contributed by atoms with Gasteiger partial charge < -0.3 is 4.74 Å². The Balaban J connectivity index is 1.67. The van der Waals surface area contributed by atoms with E-state index >= 15 is 0 Å². The first-order valence-electron chi connectivity index (χ1n) is 7.91. The van der Waals surface area contributed by atoms with Crippen molar-refractivity contribution >= 4 is 46.6 Å². The van der Waals surface area contributed by atoms with Crippen molar-refractivity contribution in [3.05, 3.63) is 69.8 Å². The van der Waals surface area contributed by atoms with Gasteiger partial charge >= 0.3 is 5.97 Å². The first-order valence-corrected chi connectivity index (χ1v) is 9.11. The molecule has 142 valence electrons. The van der Waals surface area contributed by atoms with Crippen molar-refractivity contribution in [2.45, 2.75) is 0 Å². The number of hydrogen-bond donors (Lipinski definition) is 1. The maximum Gasteiger partial charge on any atom is 0.331 e. The van der Waals surface area contributed by atoms with Gasteiger partial charge in [0.15, 0.2) is 5.17 Å².